The summed E-state index contributed by atoms with van der Waals surface area (Å²) in [5.41, 5.74) is 0. The molecule has 5 heteroatoms. The lowest BCUT2D eigenvalue weighted by molar-refractivity contribution is 0.449. The predicted molar refractivity (Wildman–Crippen MR) is 64.0 cm³/mol. The highest BCUT2D eigenvalue weighted by atomic mass is 32.2. The van der Waals surface area contributed by atoms with E-state index < -0.39 is 10.0 Å². The molecule has 0 N–H and O–H groups in total. The Balaban J connectivity index is 2.18. The van der Waals surface area contributed by atoms with Crippen molar-refractivity contribution >= 4 is 21.8 Å². The van der Waals surface area contributed by atoms with Crippen LogP contribution in [0.2, 0.25) is 0 Å². The SMILES string of the molecule is O=S(=O)(C1=C[CH]CC=C1)N1CCSCC1. The molecule has 0 aromatic rings. The van der Waals surface area contributed by atoms with E-state index in [0.29, 0.717) is 18.0 Å². The molecule has 1 fully saturated rings. The zero-order valence-corrected chi connectivity index (χ0v) is 10.1. The van der Waals surface area contributed by atoms with Gasteiger partial charge in [-0.05, 0) is 18.9 Å². The molecule has 0 aromatic carbocycles. The molecular formula is C10H14NO2S2. The van der Waals surface area contributed by atoms with Gasteiger partial charge in [-0.1, -0.05) is 12.2 Å². The lowest BCUT2D eigenvalue weighted by atomic mass is 10.2. The summed E-state index contributed by atoms with van der Waals surface area (Å²) in [6, 6.07) is 0. The maximum Gasteiger partial charge on any atom is 0.242 e. The van der Waals surface area contributed by atoms with Gasteiger partial charge in [0.25, 0.3) is 0 Å². The van der Waals surface area contributed by atoms with Crippen LogP contribution in [0.15, 0.2) is 23.1 Å². The normalized spacial score (nSPS) is 23.9. The predicted octanol–water partition coefficient (Wildman–Crippen LogP) is 1.41. The van der Waals surface area contributed by atoms with Gasteiger partial charge in [-0.3, -0.25) is 0 Å². The summed E-state index contributed by atoms with van der Waals surface area (Å²) in [4.78, 5) is 0.431. The Morgan fingerprint density at radius 2 is 2.00 bits per heavy atom. The zero-order valence-electron chi connectivity index (χ0n) is 8.43. The summed E-state index contributed by atoms with van der Waals surface area (Å²) < 4.78 is 25.8. The first-order valence-corrected chi connectivity index (χ1v) is 7.59. The average Bonchev–Trinajstić information content (AvgIpc) is 2.31. The standard InChI is InChI=1S/C10H14NO2S2/c12-15(13,10-4-2-1-3-5-10)11-6-8-14-9-7-11/h2-5H,1,6-9H2. The van der Waals surface area contributed by atoms with E-state index >= 15 is 0 Å². The Hall–Kier alpha value is -0.260. The third-order valence-electron chi connectivity index (χ3n) is 2.44. The first-order valence-electron chi connectivity index (χ1n) is 4.99. The van der Waals surface area contributed by atoms with Crippen molar-refractivity contribution in [1.29, 1.82) is 0 Å². The van der Waals surface area contributed by atoms with E-state index in [1.54, 1.807) is 16.5 Å². The summed E-state index contributed by atoms with van der Waals surface area (Å²) in [6.45, 7) is 1.27. The van der Waals surface area contributed by atoms with Crippen LogP contribution in [0.1, 0.15) is 6.42 Å². The molecule has 1 saturated heterocycles. The number of sulfonamides is 1. The zero-order chi connectivity index (χ0) is 10.7. The fraction of sp³-hybridized carbons (Fsp3) is 0.500. The van der Waals surface area contributed by atoms with Crippen LogP contribution in [0.3, 0.4) is 0 Å². The van der Waals surface area contributed by atoms with Crippen molar-refractivity contribution in [3.05, 3.63) is 29.6 Å². The molecule has 2 rings (SSSR count). The lowest BCUT2D eigenvalue weighted by Crippen LogP contribution is -2.38. The topological polar surface area (TPSA) is 37.4 Å². The summed E-state index contributed by atoms with van der Waals surface area (Å²) in [7, 11) is -3.22. The first kappa shape index (κ1) is 11.2. The highest BCUT2D eigenvalue weighted by Gasteiger charge is 2.27. The van der Waals surface area contributed by atoms with Crippen LogP contribution in [0, 0.1) is 6.42 Å². The third-order valence-corrected chi connectivity index (χ3v) is 5.30. The molecule has 2 aliphatic rings. The second-order valence-electron chi connectivity index (χ2n) is 3.46. The highest BCUT2D eigenvalue weighted by molar-refractivity contribution is 7.99. The van der Waals surface area contributed by atoms with Crippen molar-refractivity contribution in [3.8, 4) is 0 Å². The van der Waals surface area contributed by atoms with Crippen molar-refractivity contribution < 1.29 is 8.42 Å². The van der Waals surface area contributed by atoms with Gasteiger partial charge in [-0.15, -0.1) is 0 Å². The fourth-order valence-electron chi connectivity index (χ4n) is 1.61. The van der Waals surface area contributed by atoms with Crippen molar-refractivity contribution in [2.75, 3.05) is 24.6 Å². The molecular weight excluding hydrogens is 230 g/mol. The van der Waals surface area contributed by atoms with Gasteiger partial charge in [0, 0.05) is 24.6 Å². The van der Waals surface area contributed by atoms with Crippen LogP contribution in [0.5, 0.6) is 0 Å². The molecule has 1 aliphatic heterocycles. The molecule has 0 saturated carbocycles. The molecule has 0 atom stereocenters. The number of rotatable bonds is 2. The molecule has 1 aliphatic carbocycles. The van der Waals surface area contributed by atoms with E-state index in [4.69, 9.17) is 0 Å². The second-order valence-corrected chi connectivity index (χ2v) is 6.62. The van der Waals surface area contributed by atoms with Crippen molar-refractivity contribution in [3.63, 3.8) is 0 Å². The van der Waals surface area contributed by atoms with E-state index in [-0.39, 0.29) is 0 Å². The van der Waals surface area contributed by atoms with Gasteiger partial charge in [0.15, 0.2) is 0 Å². The van der Waals surface area contributed by atoms with Crippen molar-refractivity contribution in [1.82, 2.24) is 4.31 Å². The monoisotopic (exact) mass is 244 g/mol. The largest absolute Gasteiger partial charge is 0.242 e. The summed E-state index contributed by atoms with van der Waals surface area (Å²) in [5, 5.41) is 0. The van der Waals surface area contributed by atoms with Crippen LogP contribution in [0.25, 0.3) is 0 Å². The Morgan fingerprint density at radius 1 is 1.27 bits per heavy atom. The Kier molecular flexibility index (Phi) is 3.53. The van der Waals surface area contributed by atoms with Gasteiger partial charge in [0.05, 0.1) is 4.91 Å². The first-order chi connectivity index (χ1) is 7.21. The number of hydrogen-bond acceptors (Lipinski definition) is 3. The molecule has 0 bridgehead atoms. The molecule has 0 spiro atoms. The summed E-state index contributed by atoms with van der Waals surface area (Å²) in [6.07, 6.45) is 8.00. The van der Waals surface area contributed by atoms with Gasteiger partial charge in [0.2, 0.25) is 10.0 Å². The number of hydrogen-bond donors (Lipinski definition) is 0. The quantitative estimate of drug-likeness (QED) is 0.737. The van der Waals surface area contributed by atoms with Gasteiger partial charge in [0.1, 0.15) is 0 Å². The molecule has 0 unspecified atom stereocenters. The number of allylic oxidation sites excluding steroid dienone is 3. The smallest absolute Gasteiger partial charge is 0.207 e. The molecule has 3 nitrogen and oxygen atoms in total. The molecule has 15 heavy (non-hydrogen) atoms. The maximum atomic E-state index is 12.1. The van der Waals surface area contributed by atoms with Crippen LogP contribution in [0.4, 0.5) is 0 Å². The number of thioether (sulfide) groups is 1. The minimum atomic E-state index is -3.22. The van der Waals surface area contributed by atoms with Crippen LogP contribution in [-0.4, -0.2) is 37.3 Å². The highest BCUT2D eigenvalue weighted by Crippen LogP contribution is 2.22. The second kappa shape index (κ2) is 4.72. The van der Waals surface area contributed by atoms with Gasteiger partial charge < -0.3 is 0 Å². The minimum absolute atomic E-state index is 0.431. The van der Waals surface area contributed by atoms with Gasteiger partial charge in [-0.25, -0.2) is 8.42 Å². The Morgan fingerprint density at radius 3 is 2.60 bits per heavy atom. The fourth-order valence-corrected chi connectivity index (χ4v) is 4.24. The van der Waals surface area contributed by atoms with Crippen molar-refractivity contribution in [2.24, 2.45) is 0 Å². The van der Waals surface area contributed by atoms with E-state index in [0.717, 1.165) is 17.9 Å². The van der Waals surface area contributed by atoms with E-state index in [9.17, 15) is 8.42 Å². The summed E-state index contributed by atoms with van der Waals surface area (Å²) in [5.74, 6) is 1.81. The Labute approximate surface area is 95.3 Å². The van der Waals surface area contributed by atoms with E-state index in [1.807, 2.05) is 24.3 Å². The maximum absolute atomic E-state index is 12.1. The molecule has 1 radical (unpaired) electrons. The third kappa shape index (κ3) is 2.46. The van der Waals surface area contributed by atoms with Crippen molar-refractivity contribution in [2.45, 2.75) is 6.42 Å². The van der Waals surface area contributed by atoms with Crippen LogP contribution < -0.4 is 0 Å². The molecule has 0 aromatic heterocycles. The summed E-state index contributed by atoms with van der Waals surface area (Å²) >= 11 is 1.81. The minimum Gasteiger partial charge on any atom is -0.207 e. The van der Waals surface area contributed by atoms with Crippen LogP contribution in [-0.2, 0) is 10.0 Å². The van der Waals surface area contributed by atoms with Crippen LogP contribution >= 0.6 is 11.8 Å². The van der Waals surface area contributed by atoms with E-state index in [1.165, 1.54) is 0 Å². The van der Waals surface area contributed by atoms with Gasteiger partial charge >= 0.3 is 0 Å². The lowest BCUT2D eigenvalue weighted by Gasteiger charge is -2.26. The van der Waals surface area contributed by atoms with E-state index in [2.05, 4.69) is 0 Å². The van der Waals surface area contributed by atoms with Gasteiger partial charge in [-0.2, -0.15) is 16.1 Å². The number of nitrogens with zero attached hydrogens (tertiary/aromatic N) is 1. The molecule has 83 valence electrons. The average molecular weight is 244 g/mol. The molecule has 0 amide bonds. The molecule has 1 heterocycles. The Bertz CT molecular complexity index is 378.